The average Bonchev–Trinajstić information content (AvgIpc) is 2.13. The van der Waals surface area contributed by atoms with Gasteiger partial charge in [-0.3, -0.25) is 0 Å². The van der Waals surface area contributed by atoms with E-state index in [9.17, 15) is 0 Å². The maximum absolute atomic E-state index is 5.58. The summed E-state index contributed by atoms with van der Waals surface area (Å²) in [5.74, 6) is 2.31. The van der Waals surface area contributed by atoms with Crippen LogP contribution in [-0.2, 0) is 0 Å². The van der Waals surface area contributed by atoms with Crippen LogP contribution in [0.2, 0.25) is 0 Å². The monoisotopic (exact) mass is 152 g/mol. The van der Waals surface area contributed by atoms with E-state index in [2.05, 4.69) is 5.92 Å². The molecule has 5 heteroatoms. The summed E-state index contributed by atoms with van der Waals surface area (Å²) in [7, 11) is 27.8. The van der Waals surface area contributed by atoms with Crippen molar-refractivity contribution in [3.63, 3.8) is 0 Å². The highest BCUT2D eigenvalue weighted by atomic mass is 14.0. The fourth-order valence-corrected chi connectivity index (χ4v) is 1.01. The topological polar surface area (TPSA) is 0 Å². The molecule has 0 amide bonds. The Balaban J connectivity index is 3.69. The molecule has 0 aliphatic carbocycles. The number of hydrogen-bond donors (Lipinski definition) is 0. The Hall–Kier alpha value is -0.895. The van der Waals surface area contributed by atoms with E-state index in [4.69, 9.17) is 45.7 Å². The van der Waals surface area contributed by atoms with Crippen molar-refractivity contribution in [1.29, 1.82) is 0 Å². The molecule has 0 heterocycles. The van der Waals surface area contributed by atoms with Gasteiger partial charge in [-0.25, -0.2) is 0 Å². The Kier molecular flexibility index (Phi) is 2.71. The normalized spacial score (nSPS) is 9.46. The molecule has 0 saturated heterocycles. The zero-order valence-electron chi connectivity index (χ0n) is 6.96. The first-order valence-electron chi connectivity index (χ1n) is 3.48. The van der Waals surface area contributed by atoms with Crippen LogP contribution in [0, 0.1) is 12.3 Å². The molecule has 0 bridgehead atoms. The van der Waals surface area contributed by atoms with E-state index >= 15 is 0 Å². The van der Waals surface area contributed by atoms with E-state index in [-0.39, 0.29) is 27.3 Å². The maximum atomic E-state index is 5.58. The predicted molar refractivity (Wildman–Crippen MR) is 61.3 cm³/mol. The zero-order valence-corrected chi connectivity index (χ0v) is 6.96. The molecule has 0 aliphatic rings. The van der Waals surface area contributed by atoms with Crippen molar-refractivity contribution in [2.75, 3.05) is 0 Å². The Labute approximate surface area is 84.9 Å². The summed E-state index contributed by atoms with van der Waals surface area (Å²) in [4.78, 5) is 0. The number of rotatable bonds is 0. The van der Waals surface area contributed by atoms with Gasteiger partial charge >= 0.3 is 0 Å². The number of terminal acetylenes is 1. The first kappa shape index (κ1) is 10.2. The van der Waals surface area contributed by atoms with Gasteiger partial charge in [0, 0.05) is 5.56 Å². The van der Waals surface area contributed by atoms with Crippen molar-refractivity contribution in [2.45, 2.75) is 0 Å². The maximum Gasteiger partial charge on any atom is 0.114 e. The zero-order chi connectivity index (χ0) is 10.2. The summed E-state index contributed by atoms with van der Waals surface area (Å²) in [5, 5.41) is 0. The minimum absolute atomic E-state index is 0.175. The first-order valence-corrected chi connectivity index (χ1v) is 3.48. The van der Waals surface area contributed by atoms with Crippen LogP contribution in [0.15, 0.2) is 0 Å². The SMILES string of the molecule is [B]c1c([B])c([B])c(C#C)c([B])c1[B]. The molecular formula is C8HB5. The van der Waals surface area contributed by atoms with Crippen molar-refractivity contribution < 1.29 is 0 Å². The summed E-state index contributed by atoms with van der Waals surface area (Å²) >= 11 is 0. The molecule has 0 saturated carbocycles. The molecule has 0 unspecified atom stereocenters. The summed E-state index contributed by atoms with van der Waals surface area (Å²) in [6.07, 6.45) is 5.18. The second kappa shape index (κ2) is 3.46. The molecule has 0 N–H and O–H groups in total. The lowest BCUT2D eigenvalue weighted by Gasteiger charge is -2.17. The summed E-state index contributed by atoms with van der Waals surface area (Å²) in [6.45, 7) is 0. The van der Waals surface area contributed by atoms with Crippen LogP contribution in [-0.4, -0.2) is 39.2 Å². The molecule has 0 nitrogen and oxygen atoms in total. The molecule has 0 spiro atoms. The first-order chi connectivity index (χ1) is 6.00. The van der Waals surface area contributed by atoms with Gasteiger partial charge in [-0.05, 0) is 0 Å². The summed E-state index contributed by atoms with van der Waals surface area (Å²) in [5.41, 5.74) is 1.23. The van der Waals surface area contributed by atoms with Crippen LogP contribution in [0.3, 0.4) is 0 Å². The molecule has 13 heavy (non-hydrogen) atoms. The largest absolute Gasteiger partial charge is 0.115 e. The minimum atomic E-state index is 0.175. The molecule has 10 radical (unpaired) electrons. The van der Waals surface area contributed by atoms with Crippen molar-refractivity contribution in [3.05, 3.63) is 5.56 Å². The van der Waals surface area contributed by atoms with Crippen LogP contribution in [0.5, 0.6) is 0 Å². The number of benzene rings is 1. The van der Waals surface area contributed by atoms with Gasteiger partial charge in [0.05, 0.1) is 0 Å². The minimum Gasteiger partial charge on any atom is -0.115 e. The van der Waals surface area contributed by atoms with Gasteiger partial charge in [0.15, 0.2) is 0 Å². The Morgan fingerprint density at radius 1 is 0.692 bits per heavy atom. The summed E-state index contributed by atoms with van der Waals surface area (Å²) < 4.78 is 0. The quantitative estimate of drug-likeness (QED) is 0.260. The molecular weight excluding hydrogens is 150 g/mol. The third-order valence-corrected chi connectivity index (χ3v) is 1.84. The van der Waals surface area contributed by atoms with E-state index in [1.165, 1.54) is 0 Å². The van der Waals surface area contributed by atoms with Gasteiger partial charge in [-0.15, -0.1) is 22.8 Å². The van der Waals surface area contributed by atoms with E-state index in [1.54, 1.807) is 0 Å². The second-order valence-electron chi connectivity index (χ2n) is 2.59. The summed E-state index contributed by atoms with van der Waals surface area (Å²) in [6, 6.07) is 0. The van der Waals surface area contributed by atoms with E-state index in [1.807, 2.05) is 0 Å². The Bertz CT molecular complexity index is 373. The molecule has 0 aromatic heterocycles. The van der Waals surface area contributed by atoms with Crippen LogP contribution in [0.25, 0.3) is 0 Å². The van der Waals surface area contributed by atoms with Gasteiger partial charge < -0.3 is 0 Å². The van der Waals surface area contributed by atoms with Gasteiger partial charge in [-0.1, -0.05) is 16.8 Å². The lowest BCUT2D eigenvalue weighted by atomic mass is 9.60. The predicted octanol–water partition coefficient (Wildman–Crippen LogP) is -4.36. The highest BCUT2D eigenvalue weighted by Crippen LogP contribution is 1.80. The molecule has 0 aliphatic heterocycles. The fourth-order valence-electron chi connectivity index (χ4n) is 1.01. The smallest absolute Gasteiger partial charge is 0.114 e. The third-order valence-electron chi connectivity index (χ3n) is 1.84. The molecule has 1 aromatic rings. The van der Waals surface area contributed by atoms with Gasteiger partial charge in [0.2, 0.25) is 0 Å². The molecule has 0 atom stereocenters. The average molecular weight is 151 g/mol. The highest BCUT2D eigenvalue weighted by Gasteiger charge is 2.07. The van der Waals surface area contributed by atoms with Gasteiger partial charge in [-0.2, -0.15) is 0 Å². The second-order valence-corrected chi connectivity index (χ2v) is 2.59. The molecule has 0 fully saturated rings. The van der Waals surface area contributed by atoms with Gasteiger partial charge in [0.25, 0.3) is 0 Å². The standard InChI is InChI=1S/C8HB5/c1-2-3-4(9)6(11)8(13)7(12)5(3)10/h1H. The molecule has 1 aromatic carbocycles. The van der Waals surface area contributed by atoms with Crippen molar-refractivity contribution >= 4 is 66.5 Å². The van der Waals surface area contributed by atoms with E-state index < -0.39 is 0 Å². The lowest BCUT2D eigenvalue weighted by molar-refractivity contribution is 1.92. The lowest BCUT2D eigenvalue weighted by Crippen LogP contribution is -2.55. The van der Waals surface area contributed by atoms with Crippen LogP contribution in [0.4, 0.5) is 0 Å². The molecule has 48 valence electrons. The van der Waals surface area contributed by atoms with Crippen LogP contribution < -0.4 is 27.3 Å². The van der Waals surface area contributed by atoms with E-state index in [0.717, 1.165) is 0 Å². The highest BCUT2D eigenvalue weighted by molar-refractivity contribution is 6.67. The Morgan fingerprint density at radius 3 is 1.31 bits per heavy atom. The van der Waals surface area contributed by atoms with Crippen molar-refractivity contribution in [2.24, 2.45) is 0 Å². The van der Waals surface area contributed by atoms with Crippen molar-refractivity contribution in [3.8, 4) is 12.3 Å². The van der Waals surface area contributed by atoms with Crippen LogP contribution in [0.1, 0.15) is 5.56 Å². The Morgan fingerprint density at radius 2 is 1.00 bits per heavy atom. The van der Waals surface area contributed by atoms with Crippen molar-refractivity contribution in [1.82, 2.24) is 0 Å². The van der Waals surface area contributed by atoms with Gasteiger partial charge in [0.1, 0.15) is 39.2 Å². The fraction of sp³-hybridized carbons (Fsp3) is 0. The van der Waals surface area contributed by atoms with E-state index in [0.29, 0.717) is 5.56 Å². The number of hydrogen-bond acceptors (Lipinski definition) is 0. The molecule has 1 rings (SSSR count). The van der Waals surface area contributed by atoms with Crippen LogP contribution >= 0.6 is 0 Å². The third kappa shape index (κ3) is 1.46.